The predicted octanol–water partition coefficient (Wildman–Crippen LogP) is 3.48. The SMILES string of the molecule is O=C(Nc1ccccc1)N(c1ccccc1)C1CCNCC1. The zero-order chi connectivity index (χ0) is 15.2. The van der Waals surface area contributed by atoms with E-state index in [2.05, 4.69) is 10.6 Å². The van der Waals surface area contributed by atoms with E-state index >= 15 is 0 Å². The van der Waals surface area contributed by atoms with E-state index in [1.165, 1.54) is 0 Å². The van der Waals surface area contributed by atoms with E-state index in [-0.39, 0.29) is 12.1 Å². The van der Waals surface area contributed by atoms with Gasteiger partial charge >= 0.3 is 6.03 Å². The number of hydrogen-bond acceptors (Lipinski definition) is 2. The van der Waals surface area contributed by atoms with Gasteiger partial charge in [-0.2, -0.15) is 0 Å². The number of urea groups is 1. The number of piperidine rings is 1. The van der Waals surface area contributed by atoms with Crippen molar-refractivity contribution in [3.05, 3.63) is 60.7 Å². The van der Waals surface area contributed by atoms with Gasteiger partial charge in [0, 0.05) is 17.4 Å². The number of carbonyl (C=O) groups is 1. The Balaban J connectivity index is 1.82. The predicted molar refractivity (Wildman–Crippen MR) is 90.3 cm³/mol. The molecule has 22 heavy (non-hydrogen) atoms. The lowest BCUT2D eigenvalue weighted by Crippen LogP contribution is -2.48. The largest absolute Gasteiger partial charge is 0.326 e. The number of nitrogens with one attached hydrogen (secondary N) is 2. The summed E-state index contributed by atoms with van der Waals surface area (Å²) in [6, 6.07) is 19.7. The van der Waals surface area contributed by atoms with Crippen molar-refractivity contribution in [3.63, 3.8) is 0 Å². The maximum atomic E-state index is 12.8. The third-order valence-corrected chi connectivity index (χ3v) is 3.95. The van der Waals surface area contributed by atoms with E-state index in [0.717, 1.165) is 37.3 Å². The lowest BCUT2D eigenvalue weighted by Gasteiger charge is -2.34. The lowest BCUT2D eigenvalue weighted by atomic mass is 10.0. The fraction of sp³-hybridized carbons (Fsp3) is 0.278. The minimum Gasteiger partial charge on any atom is -0.317 e. The monoisotopic (exact) mass is 295 g/mol. The summed E-state index contributed by atoms with van der Waals surface area (Å²) in [5.74, 6) is 0. The highest BCUT2D eigenvalue weighted by atomic mass is 16.2. The van der Waals surface area contributed by atoms with Crippen molar-refractivity contribution in [1.82, 2.24) is 5.32 Å². The lowest BCUT2D eigenvalue weighted by molar-refractivity contribution is 0.252. The smallest absolute Gasteiger partial charge is 0.317 e. The van der Waals surface area contributed by atoms with Crippen LogP contribution >= 0.6 is 0 Å². The van der Waals surface area contributed by atoms with Gasteiger partial charge in [-0.15, -0.1) is 0 Å². The molecule has 2 amide bonds. The molecule has 0 atom stereocenters. The van der Waals surface area contributed by atoms with Gasteiger partial charge in [-0.3, -0.25) is 4.90 Å². The summed E-state index contributed by atoms with van der Waals surface area (Å²) in [7, 11) is 0. The van der Waals surface area contributed by atoms with Gasteiger partial charge in [0.25, 0.3) is 0 Å². The van der Waals surface area contributed by atoms with Crippen LogP contribution in [0.1, 0.15) is 12.8 Å². The molecule has 0 bridgehead atoms. The first-order valence-corrected chi connectivity index (χ1v) is 7.75. The first-order valence-electron chi connectivity index (χ1n) is 7.75. The minimum absolute atomic E-state index is 0.0655. The van der Waals surface area contributed by atoms with Crippen LogP contribution in [-0.4, -0.2) is 25.2 Å². The van der Waals surface area contributed by atoms with Crippen LogP contribution in [0, 0.1) is 0 Å². The second-order valence-corrected chi connectivity index (χ2v) is 5.48. The topological polar surface area (TPSA) is 44.4 Å². The molecule has 0 aromatic heterocycles. The average Bonchev–Trinajstić information content (AvgIpc) is 2.58. The zero-order valence-corrected chi connectivity index (χ0v) is 12.5. The molecule has 4 heteroatoms. The molecule has 1 fully saturated rings. The second-order valence-electron chi connectivity index (χ2n) is 5.48. The Morgan fingerprint density at radius 1 is 0.955 bits per heavy atom. The molecule has 1 aliphatic heterocycles. The third kappa shape index (κ3) is 3.46. The summed E-state index contributed by atoms with van der Waals surface area (Å²) in [6.07, 6.45) is 1.94. The summed E-state index contributed by atoms with van der Waals surface area (Å²) in [5.41, 5.74) is 1.77. The van der Waals surface area contributed by atoms with Crippen LogP contribution in [0.3, 0.4) is 0 Å². The molecular formula is C18H21N3O. The van der Waals surface area contributed by atoms with Crippen LogP contribution in [0.2, 0.25) is 0 Å². The Kier molecular flexibility index (Phi) is 4.71. The Morgan fingerprint density at radius 3 is 2.18 bits per heavy atom. The molecule has 3 rings (SSSR count). The minimum atomic E-state index is -0.0655. The van der Waals surface area contributed by atoms with Crippen molar-refractivity contribution in [2.45, 2.75) is 18.9 Å². The summed E-state index contributed by atoms with van der Waals surface area (Å²) in [4.78, 5) is 14.7. The molecule has 0 aliphatic carbocycles. The normalized spacial score (nSPS) is 15.3. The van der Waals surface area contributed by atoms with Crippen LogP contribution in [-0.2, 0) is 0 Å². The molecule has 0 unspecified atom stereocenters. The molecule has 0 saturated carbocycles. The number of benzene rings is 2. The quantitative estimate of drug-likeness (QED) is 0.910. The maximum absolute atomic E-state index is 12.8. The zero-order valence-electron chi connectivity index (χ0n) is 12.5. The van der Waals surface area contributed by atoms with Crippen LogP contribution in [0.5, 0.6) is 0 Å². The Morgan fingerprint density at radius 2 is 1.55 bits per heavy atom. The van der Waals surface area contributed by atoms with E-state index in [1.54, 1.807) is 0 Å². The van der Waals surface area contributed by atoms with E-state index in [0.29, 0.717) is 0 Å². The summed E-state index contributed by atoms with van der Waals surface area (Å²) < 4.78 is 0. The standard InChI is InChI=1S/C18H21N3O/c22-18(20-15-7-3-1-4-8-15)21(16-9-5-2-6-10-16)17-11-13-19-14-12-17/h1-10,17,19H,11-14H2,(H,20,22). The van der Waals surface area contributed by atoms with Crippen molar-refractivity contribution < 1.29 is 4.79 Å². The average molecular weight is 295 g/mol. The molecule has 0 spiro atoms. The molecule has 1 aliphatic rings. The Hall–Kier alpha value is -2.33. The fourth-order valence-electron chi connectivity index (χ4n) is 2.85. The van der Waals surface area contributed by atoms with Gasteiger partial charge in [0.2, 0.25) is 0 Å². The number of rotatable bonds is 3. The van der Waals surface area contributed by atoms with Crippen molar-refractivity contribution >= 4 is 17.4 Å². The van der Waals surface area contributed by atoms with Gasteiger partial charge in [0.1, 0.15) is 0 Å². The number of carbonyl (C=O) groups excluding carboxylic acids is 1. The molecule has 1 saturated heterocycles. The highest BCUT2D eigenvalue weighted by Crippen LogP contribution is 2.23. The number of hydrogen-bond donors (Lipinski definition) is 2. The van der Waals surface area contributed by atoms with E-state index in [4.69, 9.17) is 0 Å². The molecule has 0 radical (unpaired) electrons. The molecule has 114 valence electrons. The Labute approximate surface area is 131 Å². The van der Waals surface area contributed by atoms with Gasteiger partial charge in [-0.05, 0) is 50.2 Å². The first kappa shape index (κ1) is 14.6. The van der Waals surface area contributed by atoms with Crippen LogP contribution in [0.15, 0.2) is 60.7 Å². The van der Waals surface area contributed by atoms with Crippen molar-refractivity contribution in [1.29, 1.82) is 0 Å². The van der Waals surface area contributed by atoms with Gasteiger partial charge in [0.15, 0.2) is 0 Å². The molecule has 2 N–H and O–H groups in total. The number of nitrogens with zero attached hydrogens (tertiary/aromatic N) is 1. The maximum Gasteiger partial charge on any atom is 0.326 e. The Bertz CT molecular complexity index is 594. The highest BCUT2D eigenvalue weighted by Gasteiger charge is 2.26. The van der Waals surface area contributed by atoms with Crippen molar-refractivity contribution in [2.24, 2.45) is 0 Å². The molecular weight excluding hydrogens is 274 g/mol. The molecule has 2 aromatic rings. The van der Waals surface area contributed by atoms with Crippen LogP contribution in [0.4, 0.5) is 16.2 Å². The third-order valence-electron chi connectivity index (χ3n) is 3.95. The molecule has 1 heterocycles. The second kappa shape index (κ2) is 7.09. The van der Waals surface area contributed by atoms with Gasteiger partial charge < -0.3 is 10.6 Å². The summed E-state index contributed by atoms with van der Waals surface area (Å²) in [6.45, 7) is 1.90. The van der Waals surface area contributed by atoms with E-state index < -0.39 is 0 Å². The number of amides is 2. The number of anilines is 2. The fourth-order valence-corrected chi connectivity index (χ4v) is 2.85. The van der Waals surface area contributed by atoms with Gasteiger partial charge in [-0.25, -0.2) is 4.79 Å². The van der Waals surface area contributed by atoms with E-state index in [9.17, 15) is 4.79 Å². The van der Waals surface area contributed by atoms with E-state index in [1.807, 2.05) is 65.6 Å². The van der Waals surface area contributed by atoms with Crippen LogP contribution in [0.25, 0.3) is 0 Å². The summed E-state index contributed by atoms with van der Waals surface area (Å²) in [5, 5.41) is 6.36. The molecule has 2 aromatic carbocycles. The van der Waals surface area contributed by atoms with Crippen LogP contribution < -0.4 is 15.5 Å². The summed E-state index contributed by atoms with van der Waals surface area (Å²) >= 11 is 0. The molecule has 4 nitrogen and oxygen atoms in total. The highest BCUT2D eigenvalue weighted by molar-refractivity contribution is 6.02. The van der Waals surface area contributed by atoms with Gasteiger partial charge in [-0.1, -0.05) is 36.4 Å². The first-order chi connectivity index (χ1) is 10.8. The van der Waals surface area contributed by atoms with Gasteiger partial charge in [0.05, 0.1) is 0 Å². The van der Waals surface area contributed by atoms with Crippen molar-refractivity contribution in [3.8, 4) is 0 Å². The van der Waals surface area contributed by atoms with Crippen molar-refractivity contribution in [2.75, 3.05) is 23.3 Å². The number of para-hydroxylation sites is 2.